The molecule has 1 unspecified atom stereocenters. The summed E-state index contributed by atoms with van der Waals surface area (Å²) in [4.78, 5) is 13.5. The fourth-order valence-electron chi connectivity index (χ4n) is 2.63. The molecular formula is C15H21ClN2O2. The number of likely N-dealkylation sites (tertiary alicyclic amines) is 1. The number of hydrogen-bond acceptors (Lipinski definition) is 3. The van der Waals surface area contributed by atoms with E-state index in [0.29, 0.717) is 6.04 Å². The van der Waals surface area contributed by atoms with Gasteiger partial charge < -0.3 is 15.3 Å². The number of carboxylic acids is 1. The third-order valence-electron chi connectivity index (χ3n) is 3.84. The highest BCUT2D eigenvalue weighted by atomic mass is 35.5. The van der Waals surface area contributed by atoms with Gasteiger partial charge in [0, 0.05) is 18.3 Å². The van der Waals surface area contributed by atoms with Gasteiger partial charge in [0.25, 0.3) is 0 Å². The molecule has 1 heterocycles. The van der Waals surface area contributed by atoms with Gasteiger partial charge in [-0.05, 0) is 50.6 Å². The van der Waals surface area contributed by atoms with Gasteiger partial charge in [0.1, 0.15) is 0 Å². The van der Waals surface area contributed by atoms with E-state index in [9.17, 15) is 4.79 Å². The van der Waals surface area contributed by atoms with Gasteiger partial charge in [-0.25, -0.2) is 4.79 Å². The van der Waals surface area contributed by atoms with Crippen molar-refractivity contribution in [1.29, 1.82) is 0 Å². The van der Waals surface area contributed by atoms with E-state index in [-0.39, 0.29) is 10.6 Å². The maximum absolute atomic E-state index is 11.1. The van der Waals surface area contributed by atoms with Gasteiger partial charge in [0.05, 0.1) is 10.6 Å². The summed E-state index contributed by atoms with van der Waals surface area (Å²) in [6.45, 7) is 5.52. The number of nitrogens with one attached hydrogen (secondary N) is 1. The zero-order valence-electron chi connectivity index (χ0n) is 11.7. The lowest BCUT2D eigenvalue weighted by Gasteiger charge is -2.19. The normalized spacial score (nSPS) is 20.4. The molecule has 1 aromatic rings. The summed E-state index contributed by atoms with van der Waals surface area (Å²) >= 11 is 5.88. The van der Waals surface area contributed by atoms with Crippen molar-refractivity contribution in [1.82, 2.24) is 4.90 Å². The highest BCUT2D eigenvalue weighted by Gasteiger charge is 2.17. The van der Waals surface area contributed by atoms with Crippen molar-refractivity contribution in [2.24, 2.45) is 0 Å². The number of nitrogens with zero attached hydrogens (tertiary/aromatic N) is 1. The summed E-state index contributed by atoms with van der Waals surface area (Å²) in [7, 11) is 0. The number of halogens is 1. The van der Waals surface area contributed by atoms with Gasteiger partial charge in [-0.2, -0.15) is 0 Å². The SMILES string of the molecule is CCN1CCCC(Nc2ccc(Cl)c(C(=O)O)c2)CC1. The number of rotatable bonds is 4. The van der Waals surface area contributed by atoms with E-state index in [1.54, 1.807) is 12.1 Å². The van der Waals surface area contributed by atoms with E-state index in [1.165, 1.54) is 6.42 Å². The zero-order chi connectivity index (χ0) is 14.5. The van der Waals surface area contributed by atoms with E-state index in [4.69, 9.17) is 16.7 Å². The fraction of sp³-hybridized carbons (Fsp3) is 0.533. The molecule has 5 heteroatoms. The minimum Gasteiger partial charge on any atom is -0.478 e. The van der Waals surface area contributed by atoms with Crippen LogP contribution in [0.25, 0.3) is 0 Å². The van der Waals surface area contributed by atoms with Crippen molar-refractivity contribution in [2.45, 2.75) is 32.2 Å². The van der Waals surface area contributed by atoms with Crippen LogP contribution < -0.4 is 5.32 Å². The van der Waals surface area contributed by atoms with Gasteiger partial charge in [-0.1, -0.05) is 18.5 Å². The average molecular weight is 297 g/mol. The molecule has 110 valence electrons. The van der Waals surface area contributed by atoms with Crippen molar-refractivity contribution in [3.8, 4) is 0 Å². The standard InChI is InChI=1S/C15H21ClN2O2/c1-2-18-8-3-4-11(7-9-18)17-12-5-6-14(16)13(10-12)15(19)20/h5-6,10-11,17H,2-4,7-9H2,1H3,(H,19,20). The summed E-state index contributed by atoms with van der Waals surface area (Å²) < 4.78 is 0. The molecule has 1 saturated heterocycles. The molecule has 0 saturated carbocycles. The lowest BCUT2D eigenvalue weighted by Crippen LogP contribution is -2.26. The van der Waals surface area contributed by atoms with Gasteiger partial charge in [0.2, 0.25) is 0 Å². The van der Waals surface area contributed by atoms with Crippen molar-refractivity contribution >= 4 is 23.3 Å². The Balaban J connectivity index is 2.02. The lowest BCUT2D eigenvalue weighted by molar-refractivity contribution is 0.0697. The summed E-state index contributed by atoms with van der Waals surface area (Å²) in [5, 5.41) is 12.8. The summed E-state index contributed by atoms with van der Waals surface area (Å²) in [5.41, 5.74) is 0.988. The van der Waals surface area contributed by atoms with E-state index in [0.717, 1.165) is 38.2 Å². The molecule has 1 aliphatic rings. The van der Waals surface area contributed by atoms with E-state index >= 15 is 0 Å². The Morgan fingerprint density at radius 3 is 2.95 bits per heavy atom. The zero-order valence-corrected chi connectivity index (χ0v) is 12.5. The molecule has 0 amide bonds. The second-order valence-corrected chi connectivity index (χ2v) is 5.61. The maximum atomic E-state index is 11.1. The van der Waals surface area contributed by atoms with Crippen LogP contribution in [-0.4, -0.2) is 41.7 Å². The van der Waals surface area contributed by atoms with Crippen molar-refractivity contribution < 1.29 is 9.90 Å². The van der Waals surface area contributed by atoms with Crippen LogP contribution in [0, 0.1) is 0 Å². The quantitative estimate of drug-likeness (QED) is 0.895. The monoisotopic (exact) mass is 296 g/mol. The largest absolute Gasteiger partial charge is 0.478 e. The molecule has 0 spiro atoms. The van der Waals surface area contributed by atoms with E-state index < -0.39 is 5.97 Å². The molecule has 1 fully saturated rings. The van der Waals surface area contributed by atoms with Crippen molar-refractivity contribution in [3.05, 3.63) is 28.8 Å². The van der Waals surface area contributed by atoms with Crippen molar-refractivity contribution in [3.63, 3.8) is 0 Å². The van der Waals surface area contributed by atoms with Gasteiger partial charge >= 0.3 is 5.97 Å². The number of aromatic carboxylic acids is 1. The Morgan fingerprint density at radius 1 is 1.45 bits per heavy atom. The van der Waals surface area contributed by atoms with Crippen molar-refractivity contribution in [2.75, 3.05) is 25.0 Å². The minimum atomic E-state index is -0.989. The molecule has 0 radical (unpaired) electrons. The van der Waals surface area contributed by atoms with Crippen LogP contribution in [0.5, 0.6) is 0 Å². The summed E-state index contributed by atoms with van der Waals surface area (Å²) in [6.07, 6.45) is 3.37. The highest BCUT2D eigenvalue weighted by molar-refractivity contribution is 6.33. The molecule has 20 heavy (non-hydrogen) atoms. The maximum Gasteiger partial charge on any atom is 0.337 e. The Kier molecular flexibility index (Phi) is 5.26. The van der Waals surface area contributed by atoms with E-state index in [2.05, 4.69) is 17.1 Å². The number of benzene rings is 1. The van der Waals surface area contributed by atoms with Crippen LogP contribution in [0.2, 0.25) is 5.02 Å². The first-order valence-corrected chi connectivity index (χ1v) is 7.49. The first kappa shape index (κ1) is 15.1. The fourth-order valence-corrected chi connectivity index (χ4v) is 2.83. The molecular weight excluding hydrogens is 276 g/mol. The molecule has 0 aromatic heterocycles. The van der Waals surface area contributed by atoms with Gasteiger partial charge in [-0.3, -0.25) is 0 Å². The van der Waals surface area contributed by atoms with Crippen LogP contribution in [0.1, 0.15) is 36.5 Å². The highest BCUT2D eigenvalue weighted by Crippen LogP contribution is 2.23. The molecule has 1 aliphatic heterocycles. The number of anilines is 1. The molecule has 2 rings (SSSR count). The second-order valence-electron chi connectivity index (χ2n) is 5.21. The van der Waals surface area contributed by atoms with Gasteiger partial charge in [0.15, 0.2) is 0 Å². The molecule has 1 aromatic carbocycles. The molecule has 0 aliphatic carbocycles. The third kappa shape index (κ3) is 3.87. The first-order chi connectivity index (χ1) is 9.60. The van der Waals surface area contributed by atoms with Crippen LogP contribution in [-0.2, 0) is 0 Å². The lowest BCUT2D eigenvalue weighted by atomic mass is 10.1. The minimum absolute atomic E-state index is 0.153. The average Bonchev–Trinajstić information content (AvgIpc) is 2.66. The topological polar surface area (TPSA) is 52.6 Å². The number of carbonyl (C=O) groups is 1. The molecule has 0 bridgehead atoms. The first-order valence-electron chi connectivity index (χ1n) is 7.12. The Morgan fingerprint density at radius 2 is 2.25 bits per heavy atom. The molecule has 1 atom stereocenters. The van der Waals surface area contributed by atoms with Crippen LogP contribution in [0.4, 0.5) is 5.69 Å². The van der Waals surface area contributed by atoms with E-state index in [1.807, 2.05) is 6.07 Å². The Bertz CT molecular complexity index is 479. The Labute approximate surface area is 124 Å². The number of carboxylic acid groups (broad SMARTS) is 1. The molecule has 4 nitrogen and oxygen atoms in total. The summed E-state index contributed by atoms with van der Waals surface area (Å²) in [5.74, 6) is -0.989. The second kappa shape index (κ2) is 6.95. The van der Waals surface area contributed by atoms with Crippen LogP contribution >= 0.6 is 11.6 Å². The molecule has 2 N–H and O–H groups in total. The van der Waals surface area contributed by atoms with Gasteiger partial charge in [-0.15, -0.1) is 0 Å². The number of hydrogen-bond donors (Lipinski definition) is 2. The Hall–Kier alpha value is -1.26. The van der Waals surface area contributed by atoms with Crippen LogP contribution in [0.3, 0.4) is 0 Å². The van der Waals surface area contributed by atoms with Crippen LogP contribution in [0.15, 0.2) is 18.2 Å². The third-order valence-corrected chi connectivity index (χ3v) is 4.17. The smallest absolute Gasteiger partial charge is 0.337 e. The summed E-state index contributed by atoms with van der Waals surface area (Å²) in [6, 6.07) is 5.50. The predicted octanol–water partition coefficient (Wildman–Crippen LogP) is 3.32. The predicted molar refractivity (Wildman–Crippen MR) is 81.8 cm³/mol.